The van der Waals surface area contributed by atoms with E-state index in [-0.39, 0.29) is 46.8 Å². The number of hydroxylamine groups is 4. The van der Waals surface area contributed by atoms with Crippen LogP contribution in [0.1, 0.15) is 172 Å². The van der Waals surface area contributed by atoms with E-state index in [9.17, 15) is 14.4 Å². The fraction of sp³-hybridized carbons (Fsp3) is 0.795. The van der Waals surface area contributed by atoms with Gasteiger partial charge >= 0.3 is 11.8 Å². The monoisotopic (exact) mass is 772 g/mol. The normalized spacial score (nSPS) is 19.8. The van der Waals surface area contributed by atoms with E-state index in [1.165, 1.54) is 57.8 Å². The van der Waals surface area contributed by atoms with E-state index in [1.54, 1.807) is 24.3 Å². The molecule has 2 aliphatic rings. The first-order valence-electron chi connectivity index (χ1n) is 21.4. The minimum atomic E-state index is -0.784. The number of piperidine rings is 2. The summed E-state index contributed by atoms with van der Waals surface area (Å²) in [5.74, 6) is -1.43. The van der Waals surface area contributed by atoms with Crippen LogP contribution in [0.3, 0.4) is 0 Å². The van der Waals surface area contributed by atoms with E-state index in [2.05, 4.69) is 95.3 Å². The van der Waals surface area contributed by atoms with Crippen LogP contribution in [0, 0.1) is 0 Å². The predicted octanol–water partition coefficient (Wildman–Crippen LogP) is 8.86. The Morgan fingerprint density at radius 2 is 1.02 bits per heavy atom. The zero-order valence-corrected chi connectivity index (χ0v) is 36.2. The van der Waals surface area contributed by atoms with Gasteiger partial charge in [-0.25, -0.2) is 0 Å². The number of anilines is 1. The quantitative estimate of drug-likeness (QED) is 0.0790. The highest BCUT2D eigenvalue weighted by atomic mass is 16.7. The van der Waals surface area contributed by atoms with Crippen LogP contribution in [0.4, 0.5) is 5.69 Å². The topological polar surface area (TPSA) is 121 Å². The number of unbranched alkanes of at least 4 members (excludes halogenated alkanes) is 10. The summed E-state index contributed by atoms with van der Waals surface area (Å²) in [4.78, 5) is 52.2. The highest BCUT2D eigenvalue weighted by Gasteiger charge is 2.48. The van der Waals surface area contributed by atoms with Crippen molar-refractivity contribution in [3.05, 3.63) is 24.3 Å². The minimum Gasteiger partial charge on any atom is -0.482 e. The lowest BCUT2D eigenvalue weighted by Crippen LogP contribution is -2.64. The summed E-state index contributed by atoms with van der Waals surface area (Å²) in [5, 5.41) is 13.1. The molecule has 2 fully saturated rings. The number of carbonyl (C=O) groups is 3. The van der Waals surface area contributed by atoms with Crippen molar-refractivity contribution >= 4 is 23.4 Å². The Hall–Kier alpha value is -2.73. The average Bonchev–Trinajstić information content (AvgIpc) is 3.08. The van der Waals surface area contributed by atoms with Gasteiger partial charge in [-0.1, -0.05) is 90.2 Å². The van der Waals surface area contributed by atoms with Crippen LogP contribution in [-0.2, 0) is 24.1 Å². The third-order valence-corrected chi connectivity index (χ3v) is 11.0. The smallest absolute Gasteiger partial charge is 0.313 e. The van der Waals surface area contributed by atoms with Crippen LogP contribution >= 0.6 is 0 Å². The Bertz CT molecular complexity index is 1310. The number of nitrogens with zero attached hydrogens (tertiary/aromatic N) is 2. The SMILES string of the molecule is CCCCCCCCON1C(C)(C)CC(NC(=O)COc2ccccc2NC(=O)C(=O)NC2CC(C)(C)N(OCCCCCCCC)C(C)(C)C2)CC1(C)C. The Morgan fingerprint density at radius 1 is 0.600 bits per heavy atom. The molecule has 3 rings (SSSR count). The van der Waals surface area contributed by atoms with E-state index in [0.717, 1.165) is 32.1 Å². The summed E-state index contributed by atoms with van der Waals surface area (Å²) in [6.45, 7) is 22.7. The van der Waals surface area contributed by atoms with Crippen molar-refractivity contribution in [3.8, 4) is 5.75 Å². The molecule has 314 valence electrons. The number of hydrogen-bond donors (Lipinski definition) is 3. The number of rotatable bonds is 22. The molecular weight excluding hydrogens is 695 g/mol. The molecule has 2 heterocycles. The number of hydrogen-bond acceptors (Lipinski definition) is 8. The second kappa shape index (κ2) is 21.7. The van der Waals surface area contributed by atoms with Gasteiger partial charge in [-0.15, -0.1) is 0 Å². The van der Waals surface area contributed by atoms with Crippen molar-refractivity contribution in [2.75, 3.05) is 25.1 Å². The maximum absolute atomic E-state index is 13.2. The Kier molecular flexibility index (Phi) is 18.4. The number of carbonyl (C=O) groups excluding carboxylic acids is 3. The van der Waals surface area contributed by atoms with Crippen LogP contribution < -0.4 is 20.7 Å². The molecule has 0 unspecified atom stereocenters. The van der Waals surface area contributed by atoms with Crippen LogP contribution in [0.25, 0.3) is 0 Å². The molecule has 1 aromatic carbocycles. The van der Waals surface area contributed by atoms with Gasteiger partial charge in [-0.3, -0.25) is 24.1 Å². The van der Waals surface area contributed by atoms with Crippen LogP contribution in [0.15, 0.2) is 24.3 Å². The molecule has 3 N–H and O–H groups in total. The molecule has 0 aliphatic carbocycles. The second-order valence-corrected chi connectivity index (χ2v) is 18.5. The van der Waals surface area contributed by atoms with Crippen molar-refractivity contribution < 1.29 is 28.8 Å². The van der Waals surface area contributed by atoms with Crippen LogP contribution in [0.2, 0.25) is 0 Å². The molecule has 55 heavy (non-hydrogen) atoms. The molecule has 1 aromatic rings. The van der Waals surface area contributed by atoms with Crippen molar-refractivity contribution in [2.24, 2.45) is 0 Å². The Balaban J connectivity index is 1.48. The molecule has 11 heteroatoms. The number of amides is 3. The number of benzene rings is 1. The van der Waals surface area contributed by atoms with Crippen molar-refractivity contribution in [1.82, 2.24) is 20.8 Å². The molecule has 0 spiro atoms. The molecule has 0 aromatic heterocycles. The largest absolute Gasteiger partial charge is 0.482 e. The first kappa shape index (κ1) is 46.7. The fourth-order valence-electron chi connectivity index (χ4n) is 9.04. The summed E-state index contributed by atoms with van der Waals surface area (Å²) in [7, 11) is 0. The number of nitrogens with one attached hydrogen (secondary N) is 3. The predicted molar refractivity (Wildman–Crippen MR) is 222 cm³/mol. The highest BCUT2D eigenvalue weighted by Crippen LogP contribution is 2.40. The van der Waals surface area contributed by atoms with Gasteiger partial charge in [-0.2, -0.15) is 10.1 Å². The van der Waals surface area contributed by atoms with E-state index in [0.29, 0.717) is 37.5 Å². The van der Waals surface area contributed by atoms with Crippen LogP contribution in [0.5, 0.6) is 5.75 Å². The van der Waals surface area contributed by atoms with Crippen molar-refractivity contribution in [2.45, 2.75) is 206 Å². The van der Waals surface area contributed by atoms with Crippen molar-refractivity contribution in [1.29, 1.82) is 0 Å². The van der Waals surface area contributed by atoms with Gasteiger partial charge < -0.3 is 20.7 Å². The Morgan fingerprint density at radius 3 is 1.49 bits per heavy atom. The summed E-state index contributed by atoms with van der Waals surface area (Å²) >= 11 is 0. The maximum atomic E-state index is 13.2. The molecule has 0 radical (unpaired) electrons. The van der Waals surface area contributed by atoms with E-state index in [4.69, 9.17) is 14.4 Å². The van der Waals surface area contributed by atoms with Gasteiger partial charge in [0.15, 0.2) is 6.61 Å². The molecule has 3 amide bonds. The third kappa shape index (κ3) is 14.9. The first-order chi connectivity index (χ1) is 25.9. The summed E-state index contributed by atoms with van der Waals surface area (Å²) < 4.78 is 5.91. The van der Waals surface area contributed by atoms with Gasteiger partial charge in [0.1, 0.15) is 5.75 Å². The first-order valence-corrected chi connectivity index (χ1v) is 21.4. The molecule has 0 bridgehead atoms. The maximum Gasteiger partial charge on any atom is 0.313 e. The summed E-state index contributed by atoms with van der Waals surface area (Å²) in [5.41, 5.74) is -0.911. The summed E-state index contributed by atoms with van der Waals surface area (Å²) in [6, 6.07) is 6.60. The Labute approximate surface area is 333 Å². The average molecular weight is 772 g/mol. The number of ether oxygens (including phenoxy) is 1. The van der Waals surface area contributed by atoms with Gasteiger partial charge in [0.05, 0.1) is 18.9 Å². The fourth-order valence-corrected chi connectivity index (χ4v) is 9.04. The molecule has 11 nitrogen and oxygen atoms in total. The van der Waals surface area contributed by atoms with E-state index in [1.807, 2.05) is 0 Å². The zero-order chi connectivity index (χ0) is 40.7. The number of para-hydroxylation sites is 2. The molecule has 2 aliphatic heterocycles. The third-order valence-electron chi connectivity index (χ3n) is 11.0. The lowest BCUT2D eigenvalue weighted by atomic mass is 9.79. The molecule has 0 atom stereocenters. The van der Waals surface area contributed by atoms with Gasteiger partial charge in [-0.05, 0) is 106 Å². The molecule has 2 saturated heterocycles. The standard InChI is InChI=1S/C44H77N5O6/c1-11-13-15-17-19-23-27-54-48-41(3,4)29-34(30-42(48,5)6)45-38(50)33-53-37-26-22-21-25-36(37)47-40(52)39(51)46-35-31-43(7,8)49(44(9,10)32-35)55-28-24-20-18-16-14-12-2/h21-22,25-26,34-35H,11-20,23-24,27-33H2,1-10H3,(H,45,50)(H,46,51)(H,47,52). The van der Waals surface area contributed by atoms with E-state index < -0.39 is 11.8 Å². The second-order valence-electron chi connectivity index (χ2n) is 18.5. The molecule has 0 saturated carbocycles. The van der Waals surface area contributed by atoms with Gasteiger partial charge in [0, 0.05) is 34.2 Å². The lowest BCUT2D eigenvalue weighted by molar-refractivity contribution is -0.284. The minimum absolute atomic E-state index is 0.0534. The van der Waals surface area contributed by atoms with Crippen LogP contribution in [-0.4, -0.2) is 81.9 Å². The van der Waals surface area contributed by atoms with Gasteiger partial charge in [0.2, 0.25) is 0 Å². The van der Waals surface area contributed by atoms with E-state index >= 15 is 0 Å². The lowest BCUT2D eigenvalue weighted by Gasteiger charge is -2.53. The molecular formula is C44H77N5O6. The zero-order valence-electron chi connectivity index (χ0n) is 36.2. The van der Waals surface area contributed by atoms with Crippen molar-refractivity contribution in [3.63, 3.8) is 0 Å². The van der Waals surface area contributed by atoms with Gasteiger partial charge in [0.25, 0.3) is 5.91 Å². The summed E-state index contributed by atoms with van der Waals surface area (Å²) in [6.07, 6.45) is 17.3. The highest BCUT2D eigenvalue weighted by molar-refractivity contribution is 6.39.